The summed E-state index contributed by atoms with van der Waals surface area (Å²) in [5, 5.41) is 0. The molecular weight excluding hydrogens is 190 g/mol. The molecule has 1 rings (SSSR count). The molecule has 0 bridgehead atoms. The highest BCUT2D eigenvalue weighted by molar-refractivity contribution is 5.76. The molecule has 3 heteroatoms. The second kappa shape index (κ2) is 6.83. The lowest BCUT2D eigenvalue weighted by atomic mass is 10.2. The minimum Gasteiger partial charge on any atom is -0.465 e. The predicted molar refractivity (Wildman–Crippen MR) is 60.8 cm³/mol. The quantitative estimate of drug-likeness (QED) is 0.500. The molecule has 0 amide bonds. The van der Waals surface area contributed by atoms with Gasteiger partial charge in [-0.2, -0.15) is 0 Å². The number of rotatable bonds is 6. The van der Waals surface area contributed by atoms with Gasteiger partial charge in [0.2, 0.25) is 0 Å². The second-order valence-electron chi connectivity index (χ2n) is 4.37. The van der Waals surface area contributed by atoms with Crippen molar-refractivity contribution < 1.29 is 9.53 Å². The number of unbranched alkanes of at least 4 members (excludes halogenated alkanes) is 3. The third kappa shape index (κ3) is 4.20. The average molecular weight is 213 g/mol. The number of likely N-dealkylation sites (tertiary alicyclic amines) is 1. The van der Waals surface area contributed by atoms with E-state index in [-0.39, 0.29) is 12.0 Å². The van der Waals surface area contributed by atoms with Gasteiger partial charge in [-0.3, -0.25) is 9.69 Å². The summed E-state index contributed by atoms with van der Waals surface area (Å²) in [5.74, 6) is -0.0218. The maximum Gasteiger partial charge on any atom is 0.323 e. The Labute approximate surface area is 92.8 Å². The van der Waals surface area contributed by atoms with Crippen LogP contribution in [-0.4, -0.2) is 37.1 Å². The van der Waals surface area contributed by atoms with Crippen LogP contribution in [0.3, 0.4) is 0 Å². The molecule has 0 aromatic carbocycles. The van der Waals surface area contributed by atoms with E-state index < -0.39 is 0 Å². The molecule has 15 heavy (non-hydrogen) atoms. The zero-order valence-electron chi connectivity index (χ0n) is 10.00. The first kappa shape index (κ1) is 12.5. The van der Waals surface area contributed by atoms with Gasteiger partial charge in [0.15, 0.2) is 0 Å². The largest absolute Gasteiger partial charge is 0.465 e. The van der Waals surface area contributed by atoms with Crippen LogP contribution in [0.2, 0.25) is 0 Å². The number of ether oxygens (including phenoxy) is 1. The van der Waals surface area contributed by atoms with Gasteiger partial charge < -0.3 is 4.74 Å². The number of nitrogens with zero attached hydrogens (tertiary/aromatic N) is 1. The fourth-order valence-corrected chi connectivity index (χ4v) is 2.01. The Morgan fingerprint density at radius 2 is 2.20 bits per heavy atom. The summed E-state index contributed by atoms with van der Waals surface area (Å²) in [6.45, 7) is 3.80. The van der Waals surface area contributed by atoms with Gasteiger partial charge in [-0.05, 0) is 32.9 Å². The lowest BCUT2D eigenvalue weighted by Gasteiger charge is -2.17. The SMILES string of the molecule is CCCCCCOC(=O)[C@H]1CCCN1C. The van der Waals surface area contributed by atoms with Gasteiger partial charge in [0.05, 0.1) is 6.61 Å². The van der Waals surface area contributed by atoms with Gasteiger partial charge in [0, 0.05) is 0 Å². The van der Waals surface area contributed by atoms with Gasteiger partial charge in [0.1, 0.15) is 6.04 Å². The van der Waals surface area contributed by atoms with Crippen LogP contribution < -0.4 is 0 Å². The molecule has 1 atom stereocenters. The summed E-state index contributed by atoms with van der Waals surface area (Å²) in [5.41, 5.74) is 0. The molecule has 1 heterocycles. The van der Waals surface area contributed by atoms with Gasteiger partial charge in [-0.15, -0.1) is 0 Å². The van der Waals surface area contributed by atoms with Crippen LogP contribution in [0.15, 0.2) is 0 Å². The molecule has 1 aliphatic rings. The number of hydrogen-bond donors (Lipinski definition) is 0. The van der Waals surface area contributed by atoms with Crippen LogP contribution in [0, 0.1) is 0 Å². The zero-order chi connectivity index (χ0) is 11.1. The predicted octanol–water partition coefficient (Wildman–Crippen LogP) is 2.20. The van der Waals surface area contributed by atoms with Crippen molar-refractivity contribution in [2.45, 2.75) is 51.5 Å². The van der Waals surface area contributed by atoms with Crippen molar-refractivity contribution in [3.63, 3.8) is 0 Å². The monoisotopic (exact) mass is 213 g/mol. The molecule has 0 aromatic rings. The number of likely N-dealkylation sites (N-methyl/N-ethyl adjacent to an activating group) is 1. The average Bonchev–Trinajstić information content (AvgIpc) is 2.64. The number of esters is 1. The lowest BCUT2D eigenvalue weighted by molar-refractivity contribution is -0.148. The van der Waals surface area contributed by atoms with Crippen LogP contribution >= 0.6 is 0 Å². The van der Waals surface area contributed by atoms with Crippen LogP contribution in [0.4, 0.5) is 0 Å². The summed E-state index contributed by atoms with van der Waals surface area (Å²) in [4.78, 5) is 13.7. The Morgan fingerprint density at radius 3 is 2.80 bits per heavy atom. The van der Waals surface area contributed by atoms with Gasteiger partial charge in [-0.25, -0.2) is 0 Å². The molecule has 1 fully saturated rings. The summed E-state index contributed by atoms with van der Waals surface area (Å²) in [6.07, 6.45) is 6.72. The molecule has 0 N–H and O–H groups in total. The van der Waals surface area contributed by atoms with E-state index in [4.69, 9.17) is 4.74 Å². The van der Waals surface area contributed by atoms with Crippen molar-refractivity contribution in [3.8, 4) is 0 Å². The van der Waals surface area contributed by atoms with Crippen molar-refractivity contribution in [2.24, 2.45) is 0 Å². The lowest BCUT2D eigenvalue weighted by Crippen LogP contribution is -2.34. The number of hydrogen-bond acceptors (Lipinski definition) is 3. The van der Waals surface area contributed by atoms with E-state index in [2.05, 4.69) is 11.8 Å². The Bertz CT molecular complexity index is 194. The van der Waals surface area contributed by atoms with E-state index in [1.54, 1.807) is 0 Å². The van der Waals surface area contributed by atoms with Crippen molar-refractivity contribution in [2.75, 3.05) is 20.2 Å². The Morgan fingerprint density at radius 1 is 1.40 bits per heavy atom. The highest BCUT2D eigenvalue weighted by atomic mass is 16.5. The highest BCUT2D eigenvalue weighted by Gasteiger charge is 2.28. The van der Waals surface area contributed by atoms with Crippen LogP contribution in [0.25, 0.3) is 0 Å². The summed E-state index contributed by atoms with van der Waals surface area (Å²) >= 11 is 0. The summed E-state index contributed by atoms with van der Waals surface area (Å²) in [6, 6.07) is 0.0242. The topological polar surface area (TPSA) is 29.5 Å². The van der Waals surface area contributed by atoms with E-state index in [1.165, 1.54) is 19.3 Å². The van der Waals surface area contributed by atoms with Crippen molar-refractivity contribution in [3.05, 3.63) is 0 Å². The second-order valence-corrected chi connectivity index (χ2v) is 4.37. The molecule has 88 valence electrons. The fourth-order valence-electron chi connectivity index (χ4n) is 2.01. The van der Waals surface area contributed by atoms with E-state index in [0.717, 1.165) is 25.8 Å². The minimum absolute atomic E-state index is 0.0218. The smallest absolute Gasteiger partial charge is 0.323 e. The van der Waals surface area contributed by atoms with Crippen LogP contribution in [-0.2, 0) is 9.53 Å². The van der Waals surface area contributed by atoms with Crippen molar-refractivity contribution in [1.82, 2.24) is 4.90 Å². The van der Waals surface area contributed by atoms with Gasteiger partial charge in [-0.1, -0.05) is 26.2 Å². The molecule has 1 saturated heterocycles. The molecule has 0 unspecified atom stereocenters. The normalized spacial score (nSPS) is 21.9. The highest BCUT2D eigenvalue weighted by Crippen LogP contribution is 2.16. The van der Waals surface area contributed by atoms with Gasteiger partial charge in [0.25, 0.3) is 0 Å². The maximum atomic E-state index is 11.6. The summed E-state index contributed by atoms with van der Waals surface area (Å²) < 4.78 is 5.26. The Balaban J connectivity index is 2.08. The molecule has 1 aliphatic heterocycles. The third-order valence-electron chi connectivity index (χ3n) is 3.03. The van der Waals surface area contributed by atoms with Gasteiger partial charge >= 0.3 is 5.97 Å². The molecule has 0 aliphatic carbocycles. The molecule has 3 nitrogen and oxygen atoms in total. The molecule has 0 radical (unpaired) electrons. The maximum absolute atomic E-state index is 11.6. The molecular formula is C12H23NO2. The fraction of sp³-hybridized carbons (Fsp3) is 0.917. The first-order valence-corrected chi connectivity index (χ1v) is 6.12. The number of carbonyl (C=O) groups is 1. The minimum atomic E-state index is -0.0218. The third-order valence-corrected chi connectivity index (χ3v) is 3.03. The van der Waals surface area contributed by atoms with E-state index in [1.807, 2.05) is 7.05 Å². The number of carbonyl (C=O) groups excluding carboxylic acids is 1. The zero-order valence-corrected chi connectivity index (χ0v) is 10.00. The van der Waals surface area contributed by atoms with Crippen LogP contribution in [0.1, 0.15) is 45.4 Å². The first-order chi connectivity index (χ1) is 7.25. The van der Waals surface area contributed by atoms with E-state index in [0.29, 0.717) is 6.61 Å². The summed E-state index contributed by atoms with van der Waals surface area (Å²) in [7, 11) is 2.00. The standard InChI is InChI=1S/C12H23NO2/c1-3-4-5-6-10-15-12(14)11-8-7-9-13(11)2/h11H,3-10H2,1-2H3/t11-/m1/s1. The van der Waals surface area contributed by atoms with Crippen molar-refractivity contribution >= 4 is 5.97 Å². The van der Waals surface area contributed by atoms with Crippen LogP contribution in [0.5, 0.6) is 0 Å². The van der Waals surface area contributed by atoms with E-state index in [9.17, 15) is 4.79 Å². The molecule has 0 saturated carbocycles. The van der Waals surface area contributed by atoms with Crippen molar-refractivity contribution in [1.29, 1.82) is 0 Å². The first-order valence-electron chi connectivity index (χ1n) is 6.12. The molecule has 0 spiro atoms. The Kier molecular flexibility index (Phi) is 5.69. The van der Waals surface area contributed by atoms with E-state index >= 15 is 0 Å². The molecule has 0 aromatic heterocycles. The Hall–Kier alpha value is -0.570.